The largest absolute Gasteiger partial charge is 0.480 e. The van der Waals surface area contributed by atoms with Crippen LogP contribution in [0.2, 0.25) is 0 Å². The van der Waals surface area contributed by atoms with Gasteiger partial charge in [0, 0.05) is 17.4 Å². The van der Waals surface area contributed by atoms with Crippen LogP contribution in [0, 0.1) is 5.82 Å². The Balaban J connectivity index is 2.45. The fourth-order valence-corrected chi connectivity index (χ4v) is 1.59. The predicted molar refractivity (Wildman–Crippen MR) is 55.5 cm³/mol. The lowest BCUT2D eigenvalue weighted by molar-refractivity contribution is -0.138. The van der Waals surface area contributed by atoms with Crippen LogP contribution in [-0.2, 0) is 11.2 Å². The molecule has 1 atom stereocenters. The Morgan fingerprint density at radius 2 is 2.25 bits per heavy atom. The number of nitrogens with two attached hydrogens (primary N) is 1. The number of hydrogen-bond acceptors (Lipinski definition) is 3. The van der Waals surface area contributed by atoms with Crippen molar-refractivity contribution in [1.82, 2.24) is 0 Å². The van der Waals surface area contributed by atoms with E-state index in [1.165, 1.54) is 18.4 Å². The molecule has 5 heteroatoms. The number of fused-ring (bicyclic) bond motifs is 1. The lowest BCUT2D eigenvalue weighted by Crippen LogP contribution is -2.32. The van der Waals surface area contributed by atoms with Crippen molar-refractivity contribution in [2.75, 3.05) is 0 Å². The molecule has 0 amide bonds. The van der Waals surface area contributed by atoms with Gasteiger partial charge in [0.2, 0.25) is 0 Å². The monoisotopic (exact) mass is 223 g/mol. The van der Waals surface area contributed by atoms with Gasteiger partial charge >= 0.3 is 5.97 Å². The summed E-state index contributed by atoms with van der Waals surface area (Å²) >= 11 is 0. The maximum Gasteiger partial charge on any atom is 0.320 e. The summed E-state index contributed by atoms with van der Waals surface area (Å²) in [5.41, 5.74) is 6.18. The molecular formula is C11H10FNO3. The van der Waals surface area contributed by atoms with Crippen molar-refractivity contribution >= 4 is 16.9 Å². The van der Waals surface area contributed by atoms with Gasteiger partial charge in [-0.1, -0.05) is 0 Å². The van der Waals surface area contributed by atoms with Crippen LogP contribution < -0.4 is 5.73 Å². The first-order valence-corrected chi connectivity index (χ1v) is 4.72. The Labute approximate surface area is 90.5 Å². The highest BCUT2D eigenvalue weighted by Gasteiger charge is 2.17. The minimum absolute atomic E-state index is 0.0575. The first-order valence-electron chi connectivity index (χ1n) is 4.72. The molecule has 84 valence electrons. The van der Waals surface area contributed by atoms with Crippen LogP contribution >= 0.6 is 0 Å². The fraction of sp³-hybridized carbons (Fsp3) is 0.182. The summed E-state index contributed by atoms with van der Waals surface area (Å²) < 4.78 is 18.6. The topological polar surface area (TPSA) is 76.5 Å². The van der Waals surface area contributed by atoms with Crippen molar-refractivity contribution in [2.24, 2.45) is 5.73 Å². The second-order valence-corrected chi connectivity index (χ2v) is 3.51. The van der Waals surface area contributed by atoms with Crippen LogP contribution in [0.3, 0.4) is 0 Å². The van der Waals surface area contributed by atoms with Crippen LogP contribution in [0.1, 0.15) is 5.56 Å². The second kappa shape index (κ2) is 3.94. The van der Waals surface area contributed by atoms with Crippen molar-refractivity contribution in [3.63, 3.8) is 0 Å². The standard InChI is InChI=1S/C11H10FNO3/c12-8-1-2-10-6(3-4-16-10)7(8)5-9(13)11(14)15/h1-4,9H,5,13H2,(H,14,15). The van der Waals surface area contributed by atoms with Gasteiger partial charge in [0.1, 0.15) is 17.4 Å². The Morgan fingerprint density at radius 1 is 1.50 bits per heavy atom. The third-order valence-electron chi connectivity index (χ3n) is 2.43. The third-order valence-corrected chi connectivity index (χ3v) is 2.43. The van der Waals surface area contributed by atoms with Crippen molar-refractivity contribution in [1.29, 1.82) is 0 Å². The minimum atomic E-state index is -1.15. The smallest absolute Gasteiger partial charge is 0.320 e. The number of halogens is 1. The van der Waals surface area contributed by atoms with Gasteiger partial charge in [0.25, 0.3) is 0 Å². The maximum absolute atomic E-state index is 13.5. The Kier molecular flexibility index (Phi) is 2.62. The SMILES string of the molecule is NC(Cc1c(F)ccc2occc12)C(=O)O. The number of furan rings is 1. The lowest BCUT2D eigenvalue weighted by Gasteiger charge is -2.08. The summed E-state index contributed by atoms with van der Waals surface area (Å²) in [4.78, 5) is 10.6. The van der Waals surface area contributed by atoms with Gasteiger partial charge in [-0.05, 0) is 18.2 Å². The van der Waals surface area contributed by atoms with E-state index in [2.05, 4.69) is 0 Å². The number of carbonyl (C=O) groups is 1. The highest BCUT2D eigenvalue weighted by molar-refractivity contribution is 5.82. The van der Waals surface area contributed by atoms with Gasteiger partial charge in [-0.25, -0.2) is 4.39 Å². The summed E-state index contributed by atoms with van der Waals surface area (Å²) in [6.45, 7) is 0. The van der Waals surface area contributed by atoms with Crippen molar-refractivity contribution in [3.05, 3.63) is 35.8 Å². The second-order valence-electron chi connectivity index (χ2n) is 3.51. The van der Waals surface area contributed by atoms with E-state index in [4.69, 9.17) is 15.3 Å². The molecule has 0 spiro atoms. The van der Waals surface area contributed by atoms with Crippen LogP contribution in [0.15, 0.2) is 28.9 Å². The van der Waals surface area contributed by atoms with Crippen LogP contribution in [0.4, 0.5) is 4.39 Å². The van der Waals surface area contributed by atoms with E-state index in [0.717, 1.165) is 0 Å². The summed E-state index contributed by atoms with van der Waals surface area (Å²) in [5.74, 6) is -1.62. The number of carboxylic acids is 1. The van der Waals surface area contributed by atoms with Crippen molar-refractivity contribution in [2.45, 2.75) is 12.5 Å². The molecule has 4 nitrogen and oxygen atoms in total. The third kappa shape index (κ3) is 1.77. The van der Waals surface area contributed by atoms with Crippen LogP contribution in [-0.4, -0.2) is 17.1 Å². The number of carboxylic acid groups (broad SMARTS) is 1. The molecule has 2 rings (SSSR count). The van der Waals surface area contributed by atoms with E-state index in [0.29, 0.717) is 11.0 Å². The van der Waals surface area contributed by atoms with Gasteiger partial charge in [0.05, 0.1) is 6.26 Å². The van der Waals surface area contributed by atoms with Gasteiger partial charge in [-0.15, -0.1) is 0 Å². The first-order chi connectivity index (χ1) is 7.59. The summed E-state index contributed by atoms with van der Waals surface area (Å²) in [6.07, 6.45) is 1.37. The van der Waals surface area contributed by atoms with Crippen LogP contribution in [0.5, 0.6) is 0 Å². The molecule has 3 N–H and O–H groups in total. The highest BCUT2D eigenvalue weighted by atomic mass is 19.1. The molecule has 0 fully saturated rings. The molecule has 0 aliphatic rings. The van der Waals surface area contributed by atoms with E-state index >= 15 is 0 Å². The number of aliphatic carboxylic acids is 1. The molecule has 1 aromatic carbocycles. The normalized spacial score (nSPS) is 12.9. The average Bonchev–Trinajstić information content (AvgIpc) is 2.70. The average molecular weight is 223 g/mol. The molecule has 2 aromatic rings. The molecule has 1 unspecified atom stereocenters. The van der Waals surface area contributed by atoms with Crippen molar-refractivity contribution < 1.29 is 18.7 Å². The molecule has 1 heterocycles. The zero-order valence-electron chi connectivity index (χ0n) is 8.31. The Bertz CT molecular complexity index is 535. The number of benzene rings is 1. The Hall–Kier alpha value is -1.88. The quantitative estimate of drug-likeness (QED) is 0.827. The summed E-state index contributed by atoms with van der Waals surface area (Å²) in [7, 11) is 0. The molecule has 0 aliphatic heterocycles. The summed E-state index contributed by atoms with van der Waals surface area (Å²) in [5, 5.41) is 9.25. The first kappa shape index (κ1) is 10.6. The van der Waals surface area contributed by atoms with Crippen LogP contribution in [0.25, 0.3) is 11.0 Å². The molecule has 0 aliphatic carbocycles. The molecule has 0 saturated heterocycles. The minimum Gasteiger partial charge on any atom is -0.480 e. The number of hydrogen-bond donors (Lipinski definition) is 2. The molecule has 0 radical (unpaired) electrons. The molecule has 1 aromatic heterocycles. The van der Waals surface area contributed by atoms with E-state index in [1.807, 2.05) is 0 Å². The number of rotatable bonds is 3. The Morgan fingerprint density at radius 3 is 2.94 bits per heavy atom. The zero-order chi connectivity index (χ0) is 11.7. The molecular weight excluding hydrogens is 213 g/mol. The van der Waals surface area contributed by atoms with Gasteiger partial charge in [-0.3, -0.25) is 4.79 Å². The molecule has 0 saturated carbocycles. The fourth-order valence-electron chi connectivity index (χ4n) is 1.59. The van der Waals surface area contributed by atoms with Gasteiger partial charge in [0.15, 0.2) is 0 Å². The maximum atomic E-state index is 13.5. The molecule has 16 heavy (non-hydrogen) atoms. The predicted octanol–water partition coefficient (Wildman–Crippen LogP) is 1.53. The van der Waals surface area contributed by atoms with E-state index in [1.54, 1.807) is 6.07 Å². The molecule has 0 bridgehead atoms. The van der Waals surface area contributed by atoms with E-state index < -0.39 is 17.8 Å². The summed E-state index contributed by atoms with van der Waals surface area (Å²) in [6, 6.07) is 3.23. The van der Waals surface area contributed by atoms with Crippen molar-refractivity contribution in [3.8, 4) is 0 Å². The lowest BCUT2D eigenvalue weighted by atomic mass is 10.0. The van der Waals surface area contributed by atoms with E-state index in [-0.39, 0.29) is 12.0 Å². The zero-order valence-corrected chi connectivity index (χ0v) is 8.31. The van der Waals surface area contributed by atoms with Gasteiger partial charge < -0.3 is 15.3 Å². The highest BCUT2D eigenvalue weighted by Crippen LogP contribution is 2.23. The van der Waals surface area contributed by atoms with E-state index in [9.17, 15) is 9.18 Å². The van der Waals surface area contributed by atoms with Gasteiger partial charge in [-0.2, -0.15) is 0 Å².